The molecule has 1 aliphatic rings. The molecule has 1 fully saturated rings. The predicted octanol–water partition coefficient (Wildman–Crippen LogP) is 4.00. The van der Waals surface area contributed by atoms with Crippen molar-refractivity contribution in [3.8, 4) is 0 Å². The van der Waals surface area contributed by atoms with Crippen LogP contribution in [0.25, 0.3) is 0 Å². The van der Waals surface area contributed by atoms with Gasteiger partial charge in [0.25, 0.3) is 0 Å². The van der Waals surface area contributed by atoms with Crippen molar-refractivity contribution in [1.82, 2.24) is 10.3 Å². The lowest BCUT2D eigenvalue weighted by atomic mass is 10.1. The molecular weight excluding hydrogens is 381 g/mol. The van der Waals surface area contributed by atoms with Crippen molar-refractivity contribution in [1.29, 1.82) is 0 Å². The number of halogens is 2. The molecule has 0 spiro atoms. The Labute approximate surface area is 160 Å². The third-order valence-electron chi connectivity index (χ3n) is 3.99. The third kappa shape index (κ3) is 4.32. The molecule has 1 aliphatic heterocycles. The lowest BCUT2D eigenvalue weighted by molar-refractivity contribution is -0.121. The topological polar surface area (TPSA) is 62.3 Å². The maximum atomic E-state index is 12.3. The van der Waals surface area contributed by atoms with Crippen molar-refractivity contribution in [3.63, 3.8) is 0 Å². The first-order chi connectivity index (χ1) is 11.9. The van der Waals surface area contributed by atoms with E-state index in [9.17, 15) is 9.59 Å². The minimum Gasteiger partial charge on any atom is -0.349 e. The van der Waals surface area contributed by atoms with Gasteiger partial charge in [0.2, 0.25) is 11.8 Å². The molecular formula is C17H17Cl2N3O2S. The quantitative estimate of drug-likeness (QED) is 0.828. The maximum Gasteiger partial charge on any atom is 0.228 e. The number of hydrogen-bond acceptors (Lipinski definition) is 4. The van der Waals surface area contributed by atoms with Gasteiger partial charge in [0, 0.05) is 28.4 Å². The van der Waals surface area contributed by atoms with Gasteiger partial charge in [-0.3, -0.25) is 14.5 Å². The Balaban J connectivity index is 1.61. The summed E-state index contributed by atoms with van der Waals surface area (Å²) in [5.41, 5.74) is 1.47. The summed E-state index contributed by atoms with van der Waals surface area (Å²) in [4.78, 5) is 30.1. The van der Waals surface area contributed by atoms with Gasteiger partial charge in [0.05, 0.1) is 18.2 Å². The number of thiazole rings is 1. The number of aromatic nitrogens is 1. The highest BCUT2D eigenvalue weighted by atomic mass is 35.5. The van der Waals surface area contributed by atoms with Crippen molar-refractivity contribution in [3.05, 3.63) is 44.9 Å². The molecule has 2 amide bonds. The summed E-state index contributed by atoms with van der Waals surface area (Å²) < 4.78 is 0. The van der Waals surface area contributed by atoms with Crippen molar-refractivity contribution in [2.24, 2.45) is 0 Å². The van der Waals surface area contributed by atoms with Gasteiger partial charge >= 0.3 is 0 Å². The molecule has 0 radical (unpaired) electrons. The number of nitrogens with one attached hydrogen (secondary N) is 1. The SMILES string of the molecule is CC(NC(=O)Cc1csc(N2CCCC2=O)n1)c1ccc(Cl)cc1Cl. The number of carbonyl (C=O) groups excluding carboxylic acids is 2. The molecule has 5 nitrogen and oxygen atoms in total. The van der Waals surface area contributed by atoms with Crippen molar-refractivity contribution in [2.45, 2.75) is 32.2 Å². The fourth-order valence-corrected chi connectivity index (χ4v) is 4.18. The second-order valence-electron chi connectivity index (χ2n) is 5.90. The van der Waals surface area contributed by atoms with E-state index in [0.29, 0.717) is 33.8 Å². The summed E-state index contributed by atoms with van der Waals surface area (Å²) in [6.45, 7) is 2.56. The minimum atomic E-state index is -0.240. The fourth-order valence-electron chi connectivity index (χ4n) is 2.74. The van der Waals surface area contributed by atoms with Crippen LogP contribution in [-0.4, -0.2) is 23.3 Å². The summed E-state index contributed by atoms with van der Waals surface area (Å²) in [5, 5.41) is 6.47. The second kappa shape index (κ2) is 7.72. The molecule has 1 N–H and O–H groups in total. The summed E-state index contributed by atoms with van der Waals surface area (Å²) >= 11 is 13.5. The molecule has 132 valence electrons. The smallest absolute Gasteiger partial charge is 0.228 e. The third-order valence-corrected chi connectivity index (χ3v) is 5.47. The van der Waals surface area contributed by atoms with E-state index >= 15 is 0 Å². The van der Waals surface area contributed by atoms with E-state index in [2.05, 4.69) is 10.3 Å². The van der Waals surface area contributed by atoms with Gasteiger partial charge in [0.1, 0.15) is 0 Å². The summed E-state index contributed by atoms with van der Waals surface area (Å²) in [6, 6.07) is 4.96. The highest BCUT2D eigenvalue weighted by Crippen LogP contribution is 2.27. The number of anilines is 1. The summed E-state index contributed by atoms with van der Waals surface area (Å²) in [6.07, 6.45) is 1.58. The van der Waals surface area contributed by atoms with E-state index in [1.54, 1.807) is 23.1 Å². The Morgan fingerprint density at radius 3 is 2.92 bits per heavy atom. The molecule has 2 aromatic rings. The van der Waals surface area contributed by atoms with E-state index in [-0.39, 0.29) is 24.3 Å². The fraction of sp³-hybridized carbons (Fsp3) is 0.353. The second-order valence-corrected chi connectivity index (χ2v) is 7.58. The lowest BCUT2D eigenvalue weighted by Gasteiger charge is -2.15. The van der Waals surface area contributed by atoms with E-state index < -0.39 is 0 Å². The number of hydrogen-bond donors (Lipinski definition) is 1. The van der Waals surface area contributed by atoms with E-state index in [4.69, 9.17) is 23.2 Å². The number of benzene rings is 1. The van der Waals surface area contributed by atoms with Crippen LogP contribution in [0.5, 0.6) is 0 Å². The first-order valence-corrected chi connectivity index (χ1v) is 9.56. The van der Waals surface area contributed by atoms with E-state index in [1.165, 1.54) is 11.3 Å². The molecule has 0 aliphatic carbocycles. The molecule has 0 bridgehead atoms. The van der Waals surface area contributed by atoms with Gasteiger partial charge in [-0.05, 0) is 31.0 Å². The maximum absolute atomic E-state index is 12.3. The monoisotopic (exact) mass is 397 g/mol. The van der Waals surface area contributed by atoms with Crippen LogP contribution >= 0.6 is 34.5 Å². The molecule has 1 atom stereocenters. The standard InChI is InChI=1S/C17H17Cl2N3O2S/c1-10(13-5-4-11(18)7-14(13)19)20-15(23)8-12-9-25-17(21-12)22-6-2-3-16(22)24/h4-5,7,9-10H,2-3,6,8H2,1H3,(H,20,23). The Hall–Kier alpha value is -1.63. The molecule has 2 heterocycles. The Bertz CT molecular complexity index is 809. The molecule has 3 rings (SSSR count). The molecule has 1 aromatic heterocycles. The van der Waals surface area contributed by atoms with Crippen LogP contribution in [0.3, 0.4) is 0 Å². The number of nitrogens with zero attached hydrogens (tertiary/aromatic N) is 2. The molecule has 8 heteroatoms. The van der Waals surface area contributed by atoms with Gasteiger partial charge in [-0.1, -0.05) is 29.3 Å². The van der Waals surface area contributed by atoms with Crippen LogP contribution in [0.4, 0.5) is 5.13 Å². The normalized spacial score (nSPS) is 15.5. The summed E-state index contributed by atoms with van der Waals surface area (Å²) in [5.74, 6) is -0.0560. The Kier molecular flexibility index (Phi) is 5.61. The zero-order valence-electron chi connectivity index (χ0n) is 13.6. The molecule has 0 saturated carbocycles. The number of carbonyl (C=O) groups is 2. The Morgan fingerprint density at radius 1 is 1.44 bits per heavy atom. The van der Waals surface area contributed by atoms with Crippen LogP contribution in [-0.2, 0) is 16.0 Å². The van der Waals surface area contributed by atoms with Crippen molar-refractivity contribution >= 4 is 51.5 Å². The summed E-state index contributed by atoms with van der Waals surface area (Å²) in [7, 11) is 0. The number of amides is 2. The molecule has 1 saturated heterocycles. The average Bonchev–Trinajstić information content (AvgIpc) is 3.15. The molecule has 25 heavy (non-hydrogen) atoms. The van der Waals surface area contributed by atoms with Gasteiger partial charge in [-0.2, -0.15) is 0 Å². The number of rotatable bonds is 5. The highest BCUT2D eigenvalue weighted by molar-refractivity contribution is 7.14. The zero-order chi connectivity index (χ0) is 18.0. The first-order valence-electron chi connectivity index (χ1n) is 7.93. The van der Waals surface area contributed by atoms with Crippen LogP contribution in [0.2, 0.25) is 10.0 Å². The average molecular weight is 398 g/mol. The van der Waals surface area contributed by atoms with Crippen molar-refractivity contribution < 1.29 is 9.59 Å². The first kappa shape index (κ1) is 18.2. The molecule has 1 aromatic carbocycles. The van der Waals surface area contributed by atoms with Gasteiger partial charge in [-0.25, -0.2) is 4.98 Å². The predicted molar refractivity (Wildman–Crippen MR) is 100 cm³/mol. The zero-order valence-corrected chi connectivity index (χ0v) is 15.9. The van der Waals surface area contributed by atoms with Crippen LogP contribution in [0.1, 0.15) is 37.1 Å². The van der Waals surface area contributed by atoms with Crippen molar-refractivity contribution in [2.75, 3.05) is 11.4 Å². The van der Waals surface area contributed by atoms with Crippen LogP contribution < -0.4 is 10.2 Å². The molecule has 1 unspecified atom stereocenters. The van der Waals surface area contributed by atoms with E-state index in [0.717, 1.165) is 12.0 Å². The largest absolute Gasteiger partial charge is 0.349 e. The lowest BCUT2D eigenvalue weighted by Crippen LogP contribution is -2.28. The van der Waals surface area contributed by atoms with Gasteiger partial charge in [0.15, 0.2) is 5.13 Å². The minimum absolute atomic E-state index is 0.0938. The van der Waals surface area contributed by atoms with Crippen LogP contribution in [0, 0.1) is 0 Å². The van der Waals surface area contributed by atoms with E-state index in [1.807, 2.05) is 12.3 Å². The Morgan fingerprint density at radius 2 is 2.24 bits per heavy atom. The van der Waals surface area contributed by atoms with Crippen LogP contribution in [0.15, 0.2) is 23.6 Å². The van der Waals surface area contributed by atoms with Gasteiger partial charge < -0.3 is 5.32 Å². The van der Waals surface area contributed by atoms with Gasteiger partial charge in [-0.15, -0.1) is 11.3 Å². The highest BCUT2D eigenvalue weighted by Gasteiger charge is 2.24.